The molecule has 2 atom stereocenters. The van der Waals surface area contributed by atoms with Gasteiger partial charge in [0.25, 0.3) is 0 Å². The van der Waals surface area contributed by atoms with Crippen LogP contribution in [0.15, 0.2) is 65.8 Å². The summed E-state index contributed by atoms with van der Waals surface area (Å²) in [5.74, 6) is 2.59. The maximum Gasteiger partial charge on any atom is 0.214 e. The molecule has 3 aromatic rings. The molecule has 0 saturated heterocycles. The van der Waals surface area contributed by atoms with Gasteiger partial charge in [0.1, 0.15) is 5.75 Å². The maximum absolute atomic E-state index is 6.47. The van der Waals surface area contributed by atoms with Crippen LogP contribution in [-0.4, -0.2) is 32.0 Å². The number of benzene rings is 3. The fourth-order valence-corrected chi connectivity index (χ4v) is 4.42. The third-order valence-corrected chi connectivity index (χ3v) is 6.06. The third-order valence-electron chi connectivity index (χ3n) is 6.06. The van der Waals surface area contributed by atoms with Crippen LogP contribution < -0.4 is 18.9 Å². The van der Waals surface area contributed by atoms with Gasteiger partial charge in [0, 0.05) is 17.5 Å². The quantitative estimate of drug-likeness (QED) is 0.552. The van der Waals surface area contributed by atoms with Gasteiger partial charge in [0.15, 0.2) is 11.5 Å². The SMILES string of the molecule is COc1cc([C@@H]2Oc3ccccc3[C@H]3CC(c4ccc(C)cc4)=NN32)cc(OC)c1OC. The average molecular weight is 431 g/mol. The maximum atomic E-state index is 6.47. The number of para-hydroxylation sites is 1. The van der Waals surface area contributed by atoms with Crippen LogP contribution in [0, 0.1) is 6.92 Å². The number of rotatable bonds is 5. The van der Waals surface area contributed by atoms with Gasteiger partial charge < -0.3 is 18.9 Å². The standard InChI is InChI=1S/C26H26N2O4/c1-16-9-11-17(12-10-16)20-15-21-19-7-5-6-8-22(19)32-26(28(21)27-20)18-13-23(29-2)25(31-4)24(14-18)30-3/h5-14,21,26H,15H2,1-4H3/t21-,26+/m1/s1. The van der Waals surface area contributed by atoms with Crippen molar-refractivity contribution in [2.45, 2.75) is 25.6 Å². The van der Waals surface area contributed by atoms with Crippen LogP contribution >= 0.6 is 0 Å². The first kappa shape index (κ1) is 20.2. The van der Waals surface area contributed by atoms with Crippen LogP contribution in [0.5, 0.6) is 23.0 Å². The van der Waals surface area contributed by atoms with E-state index in [0.717, 1.165) is 34.6 Å². The molecule has 3 aromatic carbocycles. The van der Waals surface area contributed by atoms with Crippen molar-refractivity contribution in [1.82, 2.24) is 5.01 Å². The molecule has 0 unspecified atom stereocenters. The van der Waals surface area contributed by atoms with Crippen LogP contribution in [0.1, 0.15) is 40.9 Å². The molecule has 0 saturated carbocycles. The molecule has 0 spiro atoms. The second-order valence-corrected chi connectivity index (χ2v) is 7.98. The summed E-state index contributed by atoms with van der Waals surface area (Å²) in [5, 5.41) is 7.09. The van der Waals surface area contributed by atoms with Gasteiger partial charge in [-0.05, 0) is 30.7 Å². The lowest BCUT2D eigenvalue weighted by molar-refractivity contribution is -0.0192. The summed E-state index contributed by atoms with van der Waals surface area (Å²) < 4.78 is 23.1. The van der Waals surface area contributed by atoms with E-state index in [2.05, 4.69) is 42.3 Å². The Kier molecular flexibility index (Phi) is 5.13. The highest BCUT2D eigenvalue weighted by atomic mass is 16.5. The number of ether oxygens (including phenoxy) is 4. The number of hydrogen-bond acceptors (Lipinski definition) is 6. The normalized spacial score (nSPS) is 18.9. The summed E-state index contributed by atoms with van der Waals surface area (Å²) in [6.07, 6.45) is 0.385. The van der Waals surface area contributed by atoms with E-state index in [-0.39, 0.29) is 6.04 Å². The lowest BCUT2D eigenvalue weighted by Gasteiger charge is -2.38. The topological polar surface area (TPSA) is 52.5 Å². The molecule has 0 amide bonds. The van der Waals surface area contributed by atoms with Crippen molar-refractivity contribution in [2.75, 3.05) is 21.3 Å². The molecule has 2 aliphatic heterocycles. The molecule has 32 heavy (non-hydrogen) atoms. The Hall–Kier alpha value is -3.67. The highest BCUT2D eigenvalue weighted by Gasteiger charge is 2.41. The molecule has 164 valence electrons. The Bertz CT molecular complexity index is 1150. The number of methoxy groups -OCH3 is 3. The minimum Gasteiger partial charge on any atom is -0.493 e. The molecule has 6 heteroatoms. The summed E-state index contributed by atoms with van der Waals surface area (Å²) in [5.41, 5.74) is 5.43. The highest BCUT2D eigenvalue weighted by molar-refractivity contribution is 6.02. The number of nitrogens with zero attached hydrogens (tertiary/aromatic N) is 2. The predicted octanol–water partition coefficient (Wildman–Crippen LogP) is 5.26. The number of fused-ring (bicyclic) bond motifs is 3. The van der Waals surface area contributed by atoms with E-state index in [1.807, 2.05) is 30.3 Å². The summed E-state index contributed by atoms with van der Waals surface area (Å²) in [6.45, 7) is 2.09. The molecule has 0 fully saturated rings. The Labute approximate surface area is 188 Å². The first-order valence-corrected chi connectivity index (χ1v) is 10.6. The summed E-state index contributed by atoms with van der Waals surface area (Å²) in [7, 11) is 4.83. The van der Waals surface area contributed by atoms with E-state index >= 15 is 0 Å². The van der Waals surface area contributed by atoms with Crippen molar-refractivity contribution in [1.29, 1.82) is 0 Å². The Morgan fingerprint density at radius 2 is 1.59 bits per heavy atom. The van der Waals surface area contributed by atoms with Gasteiger partial charge in [-0.1, -0.05) is 48.0 Å². The molecule has 2 aliphatic rings. The second-order valence-electron chi connectivity index (χ2n) is 7.98. The highest BCUT2D eigenvalue weighted by Crippen LogP contribution is 2.49. The summed E-state index contributed by atoms with van der Waals surface area (Å²) >= 11 is 0. The van der Waals surface area contributed by atoms with Crippen molar-refractivity contribution in [3.63, 3.8) is 0 Å². The van der Waals surface area contributed by atoms with Crippen LogP contribution in [0.3, 0.4) is 0 Å². The van der Waals surface area contributed by atoms with E-state index in [1.54, 1.807) is 21.3 Å². The molecule has 6 nitrogen and oxygen atoms in total. The molecule has 0 aliphatic carbocycles. The van der Waals surface area contributed by atoms with Crippen LogP contribution in [0.2, 0.25) is 0 Å². The minimum atomic E-state index is -0.424. The Morgan fingerprint density at radius 3 is 2.25 bits per heavy atom. The molecular formula is C26H26N2O4. The van der Waals surface area contributed by atoms with Crippen LogP contribution in [0.4, 0.5) is 0 Å². The lowest BCUT2D eigenvalue weighted by Crippen LogP contribution is -2.33. The summed E-state index contributed by atoms with van der Waals surface area (Å²) in [4.78, 5) is 0. The third kappa shape index (κ3) is 3.32. The van der Waals surface area contributed by atoms with Crippen LogP contribution in [-0.2, 0) is 0 Å². The largest absolute Gasteiger partial charge is 0.493 e. The zero-order chi connectivity index (χ0) is 22.2. The zero-order valence-electron chi connectivity index (χ0n) is 18.7. The Morgan fingerprint density at radius 1 is 0.906 bits per heavy atom. The first-order chi connectivity index (χ1) is 15.6. The zero-order valence-corrected chi connectivity index (χ0v) is 18.7. The first-order valence-electron chi connectivity index (χ1n) is 10.6. The van der Waals surface area contributed by atoms with Gasteiger partial charge in [-0.2, -0.15) is 5.10 Å². The van der Waals surface area contributed by atoms with E-state index in [0.29, 0.717) is 17.2 Å². The van der Waals surface area contributed by atoms with E-state index < -0.39 is 6.23 Å². The fraction of sp³-hybridized carbons (Fsp3) is 0.269. The Balaban J connectivity index is 1.61. The van der Waals surface area contributed by atoms with E-state index in [9.17, 15) is 0 Å². The fourth-order valence-electron chi connectivity index (χ4n) is 4.42. The summed E-state index contributed by atoms with van der Waals surface area (Å²) in [6, 6.07) is 20.6. The lowest BCUT2D eigenvalue weighted by atomic mass is 9.95. The molecule has 0 bridgehead atoms. The smallest absolute Gasteiger partial charge is 0.214 e. The van der Waals surface area contributed by atoms with E-state index in [1.165, 1.54) is 5.56 Å². The minimum absolute atomic E-state index is 0.0837. The molecule has 0 N–H and O–H groups in total. The van der Waals surface area contributed by atoms with Gasteiger partial charge in [-0.15, -0.1) is 0 Å². The van der Waals surface area contributed by atoms with Crippen molar-refractivity contribution in [3.05, 3.63) is 82.9 Å². The van der Waals surface area contributed by atoms with Crippen LogP contribution in [0.25, 0.3) is 0 Å². The van der Waals surface area contributed by atoms with Crippen molar-refractivity contribution in [3.8, 4) is 23.0 Å². The number of hydrazone groups is 1. The van der Waals surface area contributed by atoms with Gasteiger partial charge >= 0.3 is 0 Å². The predicted molar refractivity (Wildman–Crippen MR) is 123 cm³/mol. The van der Waals surface area contributed by atoms with Gasteiger partial charge in [0.2, 0.25) is 12.0 Å². The molecular weight excluding hydrogens is 404 g/mol. The molecule has 0 aromatic heterocycles. The number of hydrogen-bond donors (Lipinski definition) is 0. The van der Waals surface area contributed by atoms with Crippen molar-refractivity contribution in [2.24, 2.45) is 5.10 Å². The van der Waals surface area contributed by atoms with Crippen molar-refractivity contribution >= 4 is 5.71 Å². The second kappa shape index (κ2) is 8.11. The van der Waals surface area contributed by atoms with Gasteiger partial charge in [-0.3, -0.25) is 0 Å². The molecule has 2 heterocycles. The average Bonchev–Trinajstić information content (AvgIpc) is 3.28. The number of aryl methyl sites for hydroxylation is 1. The van der Waals surface area contributed by atoms with E-state index in [4.69, 9.17) is 24.0 Å². The molecule has 5 rings (SSSR count). The van der Waals surface area contributed by atoms with Crippen molar-refractivity contribution < 1.29 is 18.9 Å². The molecule has 0 radical (unpaired) electrons. The van der Waals surface area contributed by atoms with Gasteiger partial charge in [-0.25, -0.2) is 5.01 Å². The van der Waals surface area contributed by atoms with Gasteiger partial charge in [0.05, 0.1) is 33.1 Å². The monoisotopic (exact) mass is 430 g/mol.